The van der Waals surface area contributed by atoms with Crippen LogP contribution >= 0.6 is 0 Å². The van der Waals surface area contributed by atoms with Crippen molar-refractivity contribution >= 4 is 9.84 Å². The molecule has 0 saturated heterocycles. The lowest BCUT2D eigenvalue weighted by atomic mass is 10.3. The van der Waals surface area contributed by atoms with Crippen LogP contribution < -0.4 is 4.74 Å². The molecule has 0 fully saturated rings. The third kappa shape index (κ3) is 3.55. The zero-order valence-corrected chi connectivity index (χ0v) is 11.1. The lowest BCUT2D eigenvalue weighted by Gasteiger charge is -2.06. The Balaban J connectivity index is 2.16. The van der Waals surface area contributed by atoms with Gasteiger partial charge in [0.05, 0.1) is 4.90 Å². The van der Waals surface area contributed by atoms with Gasteiger partial charge < -0.3 is 4.74 Å². The van der Waals surface area contributed by atoms with Crippen LogP contribution in [0.3, 0.4) is 0 Å². The van der Waals surface area contributed by atoms with Gasteiger partial charge in [-0.05, 0) is 36.4 Å². The van der Waals surface area contributed by atoms with Crippen molar-refractivity contribution in [1.29, 1.82) is 0 Å². The van der Waals surface area contributed by atoms with Gasteiger partial charge >= 0.3 is 5.88 Å². The predicted octanol–water partition coefficient (Wildman–Crippen LogP) is 2.49. The molecule has 0 aliphatic carbocycles. The van der Waals surface area contributed by atoms with E-state index in [9.17, 15) is 18.5 Å². The second-order valence-electron chi connectivity index (χ2n) is 3.96. The Morgan fingerprint density at radius 1 is 0.950 bits per heavy atom. The third-order valence-corrected chi connectivity index (χ3v) is 3.98. The Morgan fingerprint density at radius 3 is 2.05 bits per heavy atom. The summed E-state index contributed by atoms with van der Waals surface area (Å²) in [6.45, 7) is 0. The van der Waals surface area contributed by atoms with E-state index in [0.29, 0.717) is 11.5 Å². The average molecular weight is 293 g/mol. The predicted molar refractivity (Wildman–Crippen MR) is 72.0 cm³/mol. The minimum Gasteiger partial charge on any atom is -0.457 e. The molecule has 7 heteroatoms. The number of hydrogen-bond acceptors (Lipinski definition) is 5. The molecule has 6 nitrogen and oxygen atoms in total. The average Bonchev–Trinajstić information content (AvgIpc) is 2.39. The molecule has 2 aromatic rings. The number of nitrogens with zero attached hydrogens (tertiary/aromatic N) is 1. The van der Waals surface area contributed by atoms with Gasteiger partial charge in [0.25, 0.3) is 0 Å². The largest absolute Gasteiger partial charge is 0.457 e. The third-order valence-electron chi connectivity index (χ3n) is 2.44. The molecular weight excluding hydrogens is 282 g/mol. The molecule has 0 aliphatic heterocycles. The minimum atomic E-state index is -3.90. The van der Waals surface area contributed by atoms with E-state index >= 15 is 0 Å². The molecule has 0 N–H and O–H groups in total. The summed E-state index contributed by atoms with van der Waals surface area (Å²) in [5, 5.41) is 10.3. The fourth-order valence-electron chi connectivity index (χ4n) is 1.55. The maximum atomic E-state index is 11.6. The molecule has 2 rings (SSSR count). The van der Waals surface area contributed by atoms with Crippen LogP contribution in [0.15, 0.2) is 59.5 Å². The van der Waals surface area contributed by atoms with Crippen molar-refractivity contribution in [3.8, 4) is 11.5 Å². The summed E-state index contributed by atoms with van der Waals surface area (Å²) in [6.07, 6.45) is 0. The molecule has 0 saturated carbocycles. The van der Waals surface area contributed by atoms with Crippen LogP contribution in [0.2, 0.25) is 0 Å². The molecule has 0 amide bonds. The van der Waals surface area contributed by atoms with Crippen LogP contribution in [-0.2, 0) is 9.84 Å². The van der Waals surface area contributed by atoms with Crippen molar-refractivity contribution in [3.63, 3.8) is 0 Å². The molecule has 104 valence electrons. The molecule has 0 spiro atoms. The second-order valence-corrected chi connectivity index (χ2v) is 5.92. The SMILES string of the molecule is O=[N+]([O-])CS(=O)(=O)c1ccc(Oc2ccccc2)cc1. The summed E-state index contributed by atoms with van der Waals surface area (Å²) in [5.41, 5.74) is 0. The maximum absolute atomic E-state index is 11.6. The Hall–Kier alpha value is -2.41. The molecule has 0 aromatic heterocycles. The van der Waals surface area contributed by atoms with Crippen molar-refractivity contribution in [2.75, 3.05) is 5.88 Å². The van der Waals surface area contributed by atoms with Crippen LogP contribution in [0.25, 0.3) is 0 Å². The quantitative estimate of drug-likeness (QED) is 0.624. The van der Waals surface area contributed by atoms with E-state index in [4.69, 9.17) is 4.74 Å². The van der Waals surface area contributed by atoms with Gasteiger partial charge in [-0.15, -0.1) is 0 Å². The number of ether oxygens (including phenoxy) is 1. The highest BCUT2D eigenvalue weighted by molar-refractivity contribution is 7.91. The molecule has 0 bridgehead atoms. The fraction of sp³-hybridized carbons (Fsp3) is 0.0769. The van der Waals surface area contributed by atoms with Gasteiger partial charge in [-0.25, -0.2) is 8.42 Å². The van der Waals surface area contributed by atoms with E-state index in [-0.39, 0.29) is 4.90 Å². The molecule has 0 atom stereocenters. The molecule has 0 radical (unpaired) electrons. The minimum absolute atomic E-state index is 0.102. The zero-order chi connectivity index (χ0) is 14.6. The van der Waals surface area contributed by atoms with Gasteiger partial charge in [0, 0.05) is 4.92 Å². The number of sulfone groups is 1. The number of benzene rings is 2. The van der Waals surface area contributed by atoms with Gasteiger partial charge in [-0.2, -0.15) is 0 Å². The van der Waals surface area contributed by atoms with Crippen LogP contribution in [0.4, 0.5) is 0 Å². The van der Waals surface area contributed by atoms with E-state index in [2.05, 4.69) is 0 Å². The first-order chi connectivity index (χ1) is 9.47. The van der Waals surface area contributed by atoms with E-state index in [1.807, 2.05) is 18.2 Å². The maximum Gasteiger partial charge on any atom is 0.305 e. The normalized spacial score (nSPS) is 11.0. The molecular formula is C13H11NO5S. The lowest BCUT2D eigenvalue weighted by molar-refractivity contribution is -0.458. The molecule has 2 aromatic carbocycles. The van der Waals surface area contributed by atoms with E-state index in [0.717, 1.165) is 0 Å². The first-order valence-electron chi connectivity index (χ1n) is 5.65. The Bertz CT molecular complexity index is 695. The first-order valence-corrected chi connectivity index (χ1v) is 7.30. The highest BCUT2D eigenvalue weighted by Crippen LogP contribution is 2.22. The molecule has 0 aliphatic rings. The summed E-state index contributed by atoms with van der Waals surface area (Å²) in [5.74, 6) is -0.0454. The van der Waals surface area contributed by atoms with Crippen LogP contribution in [0, 0.1) is 10.1 Å². The standard InChI is InChI=1S/C13H11NO5S/c15-14(16)10-20(17,18)13-8-6-12(7-9-13)19-11-4-2-1-3-5-11/h1-9H,10H2. The topological polar surface area (TPSA) is 86.5 Å². The highest BCUT2D eigenvalue weighted by atomic mass is 32.2. The van der Waals surface area contributed by atoms with E-state index in [1.165, 1.54) is 24.3 Å². The number of hydrogen-bond donors (Lipinski definition) is 0. The highest BCUT2D eigenvalue weighted by Gasteiger charge is 2.20. The second kappa shape index (κ2) is 5.70. The van der Waals surface area contributed by atoms with Crippen molar-refractivity contribution in [2.24, 2.45) is 0 Å². The monoisotopic (exact) mass is 293 g/mol. The van der Waals surface area contributed by atoms with Gasteiger partial charge in [-0.3, -0.25) is 10.1 Å². The van der Waals surface area contributed by atoms with E-state index < -0.39 is 20.6 Å². The molecule has 0 heterocycles. The van der Waals surface area contributed by atoms with Gasteiger partial charge in [0.1, 0.15) is 11.5 Å². The van der Waals surface area contributed by atoms with Gasteiger partial charge in [0.15, 0.2) is 0 Å². The summed E-state index contributed by atoms with van der Waals surface area (Å²) in [7, 11) is -3.90. The fourth-order valence-corrected chi connectivity index (χ4v) is 2.53. The van der Waals surface area contributed by atoms with E-state index in [1.54, 1.807) is 12.1 Å². The summed E-state index contributed by atoms with van der Waals surface area (Å²) in [4.78, 5) is 9.32. The Labute approximate surface area is 115 Å². The number of para-hydroxylation sites is 1. The molecule has 0 unspecified atom stereocenters. The summed E-state index contributed by atoms with van der Waals surface area (Å²) >= 11 is 0. The van der Waals surface area contributed by atoms with Crippen LogP contribution in [0.1, 0.15) is 0 Å². The summed E-state index contributed by atoms with van der Waals surface area (Å²) in [6, 6.07) is 14.5. The van der Waals surface area contributed by atoms with Gasteiger partial charge in [-0.1, -0.05) is 18.2 Å². The van der Waals surface area contributed by atoms with Crippen LogP contribution in [0.5, 0.6) is 11.5 Å². The van der Waals surface area contributed by atoms with Crippen molar-refractivity contribution in [3.05, 3.63) is 64.7 Å². The smallest absolute Gasteiger partial charge is 0.305 e. The molecule has 20 heavy (non-hydrogen) atoms. The van der Waals surface area contributed by atoms with Gasteiger partial charge in [0.2, 0.25) is 9.84 Å². The first kappa shape index (κ1) is 14.0. The summed E-state index contributed by atoms with van der Waals surface area (Å²) < 4.78 is 28.8. The number of nitro groups is 1. The zero-order valence-electron chi connectivity index (χ0n) is 10.3. The van der Waals surface area contributed by atoms with Crippen LogP contribution in [-0.4, -0.2) is 19.2 Å². The van der Waals surface area contributed by atoms with Crippen molar-refractivity contribution in [1.82, 2.24) is 0 Å². The lowest BCUT2D eigenvalue weighted by Crippen LogP contribution is -2.14. The Kier molecular flexibility index (Phi) is 3.99. The van der Waals surface area contributed by atoms with Crippen molar-refractivity contribution in [2.45, 2.75) is 4.90 Å². The van der Waals surface area contributed by atoms with Crippen molar-refractivity contribution < 1.29 is 18.1 Å². The number of rotatable bonds is 5. The Morgan fingerprint density at radius 2 is 1.50 bits per heavy atom.